The van der Waals surface area contributed by atoms with E-state index >= 15 is 0 Å². The molecule has 18 aromatic rings. The van der Waals surface area contributed by atoms with Crippen LogP contribution in [0, 0.1) is 0 Å². The molecule has 0 atom stereocenters. The van der Waals surface area contributed by atoms with Gasteiger partial charge >= 0.3 is 0 Å². The number of pyridine rings is 6. The first-order valence-corrected chi connectivity index (χ1v) is 30.2. The lowest BCUT2D eigenvalue weighted by Crippen LogP contribution is -2.00. The molecule has 10 aromatic heterocycles. The largest absolute Gasteiger partial charge is 0.352 e. The summed E-state index contributed by atoms with van der Waals surface area (Å²) in [4.78, 5) is 30.6. The van der Waals surface area contributed by atoms with Crippen LogP contribution in [0.5, 0.6) is 0 Å². The third-order valence-corrected chi connectivity index (χ3v) is 17.3. The minimum absolute atomic E-state index is 0.877. The fourth-order valence-corrected chi connectivity index (χ4v) is 12.8. The summed E-state index contributed by atoms with van der Waals surface area (Å²) in [6.07, 6.45) is 23.2. The molecule has 0 amide bonds. The number of H-pyrrole nitrogens is 1. The van der Waals surface area contributed by atoms with Crippen molar-refractivity contribution in [2.45, 2.75) is 0 Å². The molecule has 0 aliphatic heterocycles. The number of fused-ring (bicyclic) bond motifs is 12. The molecular formula is C78H51BrN10. The summed E-state index contributed by atoms with van der Waals surface area (Å²) in [6.45, 7) is 0. The van der Waals surface area contributed by atoms with Crippen LogP contribution in [-0.4, -0.2) is 48.6 Å². The van der Waals surface area contributed by atoms with Gasteiger partial charge in [-0.05, 0) is 117 Å². The lowest BCUT2D eigenvalue weighted by Gasteiger charge is -2.13. The first-order chi connectivity index (χ1) is 44.1. The molecule has 1 N–H and O–H groups in total. The van der Waals surface area contributed by atoms with Crippen LogP contribution < -0.4 is 0 Å². The number of aromatic nitrogens is 10. The van der Waals surface area contributed by atoms with Gasteiger partial charge in [0.15, 0.2) is 0 Å². The maximum absolute atomic E-state index is 4.83. The first kappa shape index (κ1) is 52.9. The highest BCUT2D eigenvalue weighted by Gasteiger charge is 2.20. The van der Waals surface area contributed by atoms with E-state index in [1.54, 1.807) is 0 Å². The zero-order valence-corrected chi connectivity index (χ0v) is 49.4. The molecule has 0 radical (unpaired) electrons. The van der Waals surface area contributed by atoms with E-state index in [2.05, 4.69) is 284 Å². The molecule has 0 saturated carbocycles. The molecule has 420 valence electrons. The molecule has 0 spiro atoms. The van der Waals surface area contributed by atoms with Crippen LogP contribution in [0.3, 0.4) is 0 Å². The summed E-state index contributed by atoms with van der Waals surface area (Å²) in [5, 5.41) is 11.8. The van der Waals surface area contributed by atoms with E-state index in [0.717, 1.165) is 93.3 Å². The Kier molecular flexibility index (Phi) is 13.4. The maximum atomic E-state index is 4.83. The lowest BCUT2D eigenvalue weighted by atomic mass is 10.0. The van der Waals surface area contributed by atoms with Gasteiger partial charge in [-0.15, -0.1) is 0 Å². The van der Waals surface area contributed by atoms with E-state index in [1.807, 2.05) is 80.2 Å². The summed E-state index contributed by atoms with van der Waals surface area (Å²) in [5.74, 6) is 1.78. The second-order valence-electron chi connectivity index (χ2n) is 21.9. The number of rotatable bonds is 7. The Hall–Kier alpha value is -11.7. The van der Waals surface area contributed by atoms with Gasteiger partial charge in [-0.2, -0.15) is 0 Å². The minimum atomic E-state index is 0.877. The van der Waals surface area contributed by atoms with E-state index in [9.17, 15) is 0 Å². The Labute approximate surface area is 519 Å². The molecule has 0 aliphatic carbocycles. The van der Waals surface area contributed by atoms with Gasteiger partial charge in [-0.3, -0.25) is 29.1 Å². The number of aromatic amines is 1. The predicted molar refractivity (Wildman–Crippen MR) is 368 cm³/mol. The van der Waals surface area contributed by atoms with Crippen molar-refractivity contribution in [1.82, 2.24) is 48.6 Å². The Morgan fingerprint density at radius 1 is 0.326 bits per heavy atom. The third kappa shape index (κ3) is 9.72. The van der Waals surface area contributed by atoms with Crippen LogP contribution >= 0.6 is 15.9 Å². The molecule has 0 saturated heterocycles. The molecule has 0 unspecified atom stereocenters. The van der Waals surface area contributed by atoms with Crippen molar-refractivity contribution in [2.24, 2.45) is 0 Å². The minimum Gasteiger partial charge on any atom is -0.352 e. The summed E-state index contributed by atoms with van der Waals surface area (Å²) in [6, 6.07) is 80.3. The maximum Gasteiger partial charge on any atom is 0.137 e. The van der Waals surface area contributed by atoms with Crippen LogP contribution in [0.25, 0.3) is 149 Å². The zero-order valence-electron chi connectivity index (χ0n) is 47.8. The average molecular weight is 1210 g/mol. The van der Waals surface area contributed by atoms with Gasteiger partial charge in [-0.25, -0.2) is 9.97 Å². The monoisotopic (exact) mass is 1210 g/mol. The van der Waals surface area contributed by atoms with Crippen LogP contribution in [0.15, 0.2) is 309 Å². The van der Waals surface area contributed by atoms with Crippen molar-refractivity contribution in [3.63, 3.8) is 0 Å². The topological polar surface area (TPSA) is 108 Å². The molecule has 18 rings (SSSR count). The van der Waals surface area contributed by atoms with Crippen LogP contribution in [0.1, 0.15) is 0 Å². The van der Waals surface area contributed by atoms with E-state index in [1.165, 1.54) is 60.0 Å². The van der Waals surface area contributed by atoms with E-state index in [0.29, 0.717) is 0 Å². The fraction of sp³-hybridized carbons (Fsp3) is 0. The van der Waals surface area contributed by atoms with Crippen molar-refractivity contribution < 1.29 is 0 Å². The molecule has 8 aromatic carbocycles. The normalized spacial score (nSPS) is 11.4. The smallest absolute Gasteiger partial charge is 0.137 e. The van der Waals surface area contributed by atoms with Gasteiger partial charge in [0.2, 0.25) is 0 Å². The highest BCUT2D eigenvalue weighted by Crippen LogP contribution is 2.40. The molecule has 10 heterocycles. The number of halogens is 1. The number of nitrogens with zero attached hydrogens (tertiary/aromatic N) is 9. The van der Waals surface area contributed by atoms with Crippen LogP contribution in [0.4, 0.5) is 0 Å². The molecule has 11 heteroatoms. The number of hydrogen-bond donors (Lipinski definition) is 1. The Morgan fingerprint density at radius 2 is 0.854 bits per heavy atom. The van der Waals surface area contributed by atoms with Crippen LogP contribution in [0.2, 0.25) is 0 Å². The Morgan fingerprint density at radius 3 is 1.47 bits per heavy atom. The number of hydrogen-bond acceptors (Lipinski definition) is 6. The van der Waals surface area contributed by atoms with Crippen molar-refractivity contribution in [2.75, 3.05) is 0 Å². The predicted octanol–water partition coefficient (Wildman–Crippen LogP) is 19.8. The average Bonchev–Trinajstić information content (AvgIpc) is 1.60. The van der Waals surface area contributed by atoms with E-state index in [-0.39, 0.29) is 0 Å². The van der Waals surface area contributed by atoms with E-state index in [4.69, 9.17) is 4.98 Å². The van der Waals surface area contributed by atoms with Crippen molar-refractivity contribution in [1.29, 1.82) is 0 Å². The Balaban J connectivity index is 0.000000120. The van der Waals surface area contributed by atoms with Gasteiger partial charge in [0.05, 0.1) is 45.5 Å². The Bertz CT molecular complexity index is 5620. The SMILES string of the molecule is Brc1ccc(-c2cncc3ccccc23)cc1.c1ccc(-c2ccnc(-n3ccc4ccc5c6ccncc6[nH]c5c43)c2)cc1.c1ccc(-c2ccnc(-n3ccc4ccc5c6ccncc6n(-c6ccc(-c7cncc8ccccc78)cc6)c5c43)c2)cc1. The molecular weight excluding hydrogens is 1160 g/mol. The van der Waals surface area contributed by atoms with Crippen molar-refractivity contribution >= 4 is 103 Å². The number of benzene rings is 8. The van der Waals surface area contributed by atoms with Gasteiger partial charge in [0, 0.05) is 126 Å². The second kappa shape index (κ2) is 22.6. The van der Waals surface area contributed by atoms with E-state index < -0.39 is 0 Å². The number of nitrogens with one attached hydrogen (secondary N) is 1. The summed E-state index contributed by atoms with van der Waals surface area (Å²) >= 11 is 3.45. The van der Waals surface area contributed by atoms with Gasteiger partial charge in [-0.1, -0.05) is 174 Å². The first-order valence-electron chi connectivity index (χ1n) is 29.4. The third-order valence-electron chi connectivity index (χ3n) is 16.7. The molecule has 89 heavy (non-hydrogen) atoms. The van der Waals surface area contributed by atoms with Crippen molar-refractivity contribution in [3.8, 4) is 61.8 Å². The summed E-state index contributed by atoms with van der Waals surface area (Å²) < 4.78 is 7.80. The molecule has 0 fully saturated rings. The zero-order chi connectivity index (χ0) is 59.2. The quantitative estimate of drug-likeness (QED) is 0.170. The second-order valence-corrected chi connectivity index (χ2v) is 22.8. The molecule has 0 bridgehead atoms. The molecule has 0 aliphatic rings. The highest BCUT2D eigenvalue weighted by atomic mass is 79.9. The summed E-state index contributed by atoms with van der Waals surface area (Å²) in [7, 11) is 0. The standard InChI is InChI=1S/C39H25N5.C24H16N4.C15H10BrN/c1-2-6-26(7-3-1)29-16-20-42-37(22-29)43-21-18-28-12-15-34-33-17-19-40-25-36(33)44(39(34)38(28)43)31-13-10-27(11-14-31)35-24-41-23-30-8-4-5-9-32(30)35;1-2-4-16(5-3-1)18-8-12-26-22(14-18)28-13-10-17-6-7-20-19-9-11-25-15-21(19)27-23(20)24(17)28;16-13-7-5-11(6-8-13)15-10-17-9-12-3-1-2-4-14(12)15/h1-25H;1-15,27H;1-10H. The lowest BCUT2D eigenvalue weighted by molar-refractivity contribution is 1.04. The van der Waals surface area contributed by atoms with Gasteiger partial charge < -0.3 is 9.55 Å². The fourth-order valence-electron chi connectivity index (χ4n) is 12.5. The summed E-state index contributed by atoms with van der Waals surface area (Å²) in [5.41, 5.74) is 16.9. The highest BCUT2D eigenvalue weighted by molar-refractivity contribution is 9.10. The van der Waals surface area contributed by atoms with Gasteiger partial charge in [0.1, 0.15) is 11.6 Å². The van der Waals surface area contributed by atoms with Crippen molar-refractivity contribution in [3.05, 3.63) is 309 Å². The van der Waals surface area contributed by atoms with Gasteiger partial charge in [0.25, 0.3) is 0 Å². The molecule has 10 nitrogen and oxygen atoms in total. The van der Waals surface area contributed by atoms with Crippen LogP contribution in [-0.2, 0) is 0 Å².